The fourth-order valence-corrected chi connectivity index (χ4v) is 2.44. The lowest BCUT2D eigenvalue weighted by atomic mass is 9.79. The van der Waals surface area contributed by atoms with Crippen LogP contribution in [0.2, 0.25) is 0 Å². The summed E-state index contributed by atoms with van der Waals surface area (Å²) in [5.41, 5.74) is 0. The zero-order valence-electron chi connectivity index (χ0n) is 10.7. The molecule has 1 aliphatic heterocycles. The molecule has 0 aromatic rings. The van der Waals surface area contributed by atoms with Gasteiger partial charge in [0.05, 0.1) is 24.0 Å². The largest absolute Gasteiger partial charge is 0.461 e. The van der Waals surface area contributed by atoms with Gasteiger partial charge >= 0.3 is 11.9 Å². The Balaban J connectivity index is 1.99. The zero-order valence-corrected chi connectivity index (χ0v) is 10.7. The fraction of sp³-hybridized carbons (Fsp3) is 0.571. The van der Waals surface area contributed by atoms with E-state index in [0.29, 0.717) is 12.8 Å². The van der Waals surface area contributed by atoms with Gasteiger partial charge in [0.1, 0.15) is 13.2 Å². The highest BCUT2D eigenvalue weighted by atomic mass is 16.6. The van der Waals surface area contributed by atoms with Crippen molar-refractivity contribution >= 4 is 11.9 Å². The molecular formula is C14H18O5. The SMILES string of the molecule is C=CCOC(=O)[C@H]1C[C@@H]2O[C@H]2C[C@H]1C(=O)OCC=C. The van der Waals surface area contributed by atoms with Crippen LogP contribution in [0.15, 0.2) is 25.3 Å². The van der Waals surface area contributed by atoms with E-state index in [-0.39, 0.29) is 37.4 Å². The third kappa shape index (κ3) is 3.23. The molecular weight excluding hydrogens is 248 g/mol. The highest BCUT2D eigenvalue weighted by Crippen LogP contribution is 2.43. The van der Waals surface area contributed by atoms with Crippen molar-refractivity contribution in [1.82, 2.24) is 0 Å². The third-order valence-corrected chi connectivity index (χ3v) is 3.44. The lowest BCUT2D eigenvalue weighted by Crippen LogP contribution is -2.37. The normalized spacial score (nSPS) is 31.8. The Morgan fingerprint density at radius 1 is 1.00 bits per heavy atom. The minimum atomic E-state index is -0.485. The summed E-state index contributed by atoms with van der Waals surface area (Å²) in [7, 11) is 0. The number of ether oxygens (including phenoxy) is 3. The van der Waals surface area contributed by atoms with Crippen LogP contribution in [0.1, 0.15) is 12.8 Å². The smallest absolute Gasteiger partial charge is 0.310 e. The van der Waals surface area contributed by atoms with Gasteiger partial charge in [0.2, 0.25) is 0 Å². The highest BCUT2D eigenvalue weighted by Gasteiger charge is 2.53. The van der Waals surface area contributed by atoms with Crippen LogP contribution in [-0.4, -0.2) is 37.4 Å². The van der Waals surface area contributed by atoms with E-state index in [1.807, 2.05) is 0 Å². The van der Waals surface area contributed by atoms with Gasteiger partial charge in [0.15, 0.2) is 0 Å². The van der Waals surface area contributed by atoms with Crippen molar-refractivity contribution in [3.63, 3.8) is 0 Å². The van der Waals surface area contributed by atoms with Crippen molar-refractivity contribution in [3.8, 4) is 0 Å². The summed E-state index contributed by atoms with van der Waals surface area (Å²) in [5.74, 6) is -1.73. The van der Waals surface area contributed by atoms with Gasteiger partial charge in [-0.15, -0.1) is 0 Å². The maximum Gasteiger partial charge on any atom is 0.310 e. The molecule has 0 aromatic carbocycles. The molecule has 0 amide bonds. The van der Waals surface area contributed by atoms with Crippen LogP contribution in [0.25, 0.3) is 0 Å². The predicted octanol–water partition coefficient (Wildman–Crippen LogP) is 1.24. The molecule has 4 atom stereocenters. The highest BCUT2D eigenvalue weighted by molar-refractivity contribution is 5.82. The van der Waals surface area contributed by atoms with Crippen molar-refractivity contribution in [3.05, 3.63) is 25.3 Å². The molecule has 5 heteroatoms. The summed E-state index contributed by atoms with van der Waals surface area (Å²) in [6, 6.07) is 0. The van der Waals surface area contributed by atoms with E-state index in [9.17, 15) is 9.59 Å². The van der Waals surface area contributed by atoms with E-state index in [1.54, 1.807) is 0 Å². The molecule has 1 heterocycles. The third-order valence-electron chi connectivity index (χ3n) is 3.44. The Bertz CT molecular complexity index is 353. The molecule has 0 unspecified atom stereocenters. The monoisotopic (exact) mass is 266 g/mol. The second-order valence-corrected chi connectivity index (χ2v) is 4.73. The average molecular weight is 266 g/mol. The Morgan fingerprint density at radius 2 is 1.42 bits per heavy atom. The Labute approximate surface area is 112 Å². The lowest BCUT2D eigenvalue weighted by Gasteiger charge is -2.25. The van der Waals surface area contributed by atoms with Crippen LogP contribution in [0.4, 0.5) is 0 Å². The molecule has 0 radical (unpaired) electrons. The minimum Gasteiger partial charge on any atom is -0.461 e. The topological polar surface area (TPSA) is 65.1 Å². The second kappa shape index (κ2) is 6.02. The first-order valence-electron chi connectivity index (χ1n) is 6.38. The number of rotatable bonds is 6. The molecule has 104 valence electrons. The molecule has 2 rings (SSSR count). The molecule has 0 N–H and O–H groups in total. The molecule has 0 spiro atoms. The number of hydrogen-bond donors (Lipinski definition) is 0. The van der Waals surface area contributed by atoms with Crippen LogP contribution >= 0.6 is 0 Å². The maximum atomic E-state index is 12.0. The van der Waals surface area contributed by atoms with E-state index in [1.165, 1.54) is 12.2 Å². The van der Waals surface area contributed by atoms with Gasteiger partial charge in [-0.3, -0.25) is 9.59 Å². The van der Waals surface area contributed by atoms with Crippen molar-refractivity contribution in [2.45, 2.75) is 25.0 Å². The summed E-state index contributed by atoms with van der Waals surface area (Å²) >= 11 is 0. The Morgan fingerprint density at radius 3 is 1.79 bits per heavy atom. The zero-order chi connectivity index (χ0) is 13.8. The summed E-state index contributed by atoms with van der Waals surface area (Å²) in [6.07, 6.45) is 4.22. The van der Waals surface area contributed by atoms with Crippen LogP contribution in [0.5, 0.6) is 0 Å². The fourth-order valence-electron chi connectivity index (χ4n) is 2.44. The number of hydrogen-bond acceptors (Lipinski definition) is 5. The van der Waals surface area contributed by atoms with E-state index in [2.05, 4.69) is 13.2 Å². The second-order valence-electron chi connectivity index (χ2n) is 4.73. The van der Waals surface area contributed by atoms with Gasteiger partial charge in [0.25, 0.3) is 0 Å². The number of carbonyl (C=O) groups excluding carboxylic acids is 2. The molecule has 1 saturated carbocycles. The van der Waals surface area contributed by atoms with Crippen LogP contribution in [-0.2, 0) is 23.8 Å². The summed E-state index contributed by atoms with van der Waals surface area (Å²) in [4.78, 5) is 23.9. The first kappa shape index (κ1) is 13.8. The molecule has 1 saturated heterocycles. The van der Waals surface area contributed by atoms with Crippen molar-refractivity contribution in [1.29, 1.82) is 0 Å². The van der Waals surface area contributed by atoms with Gasteiger partial charge in [-0.05, 0) is 12.8 Å². The molecule has 19 heavy (non-hydrogen) atoms. The van der Waals surface area contributed by atoms with Gasteiger partial charge in [-0.1, -0.05) is 25.3 Å². The van der Waals surface area contributed by atoms with Gasteiger partial charge < -0.3 is 14.2 Å². The molecule has 0 bridgehead atoms. The van der Waals surface area contributed by atoms with E-state index in [0.717, 1.165) is 0 Å². The minimum absolute atomic E-state index is 0.0877. The molecule has 5 nitrogen and oxygen atoms in total. The standard InChI is InChI=1S/C14H18O5/c1-3-5-17-13(15)9-7-11-12(19-11)8-10(9)14(16)18-6-4-2/h3-4,9-12H,1-2,5-8H2/t9-,10+,11-,12-/m0/s1. The van der Waals surface area contributed by atoms with Crippen LogP contribution < -0.4 is 0 Å². The molecule has 2 fully saturated rings. The lowest BCUT2D eigenvalue weighted by molar-refractivity contribution is -0.160. The van der Waals surface area contributed by atoms with Gasteiger partial charge in [-0.2, -0.15) is 0 Å². The van der Waals surface area contributed by atoms with E-state index >= 15 is 0 Å². The van der Waals surface area contributed by atoms with Gasteiger partial charge in [-0.25, -0.2) is 0 Å². The van der Waals surface area contributed by atoms with Crippen LogP contribution in [0.3, 0.4) is 0 Å². The number of epoxide rings is 1. The summed E-state index contributed by atoms with van der Waals surface area (Å²) < 4.78 is 15.5. The first-order chi connectivity index (χ1) is 9.17. The number of esters is 2. The molecule has 2 aliphatic rings. The van der Waals surface area contributed by atoms with Gasteiger partial charge in [0, 0.05) is 0 Å². The Hall–Kier alpha value is -1.62. The summed E-state index contributed by atoms with van der Waals surface area (Å²) in [6.45, 7) is 7.28. The number of fused-ring (bicyclic) bond motifs is 1. The molecule has 1 aliphatic carbocycles. The first-order valence-corrected chi connectivity index (χ1v) is 6.38. The van der Waals surface area contributed by atoms with Crippen molar-refractivity contribution in [2.75, 3.05) is 13.2 Å². The number of carbonyl (C=O) groups is 2. The Kier molecular flexibility index (Phi) is 4.37. The van der Waals surface area contributed by atoms with E-state index < -0.39 is 11.8 Å². The summed E-state index contributed by atoms with van der Waals surface area (Å²) in [5, 5.41) is 0. The van der Waals surface area contributed by atoms with Crippen LogP contribution in [0, 0.1) is 11.8 Å². The average Bonchev–Trinajstić information content (AvgIpc) is 3.18. The quantitative estimate of drug-likeness (QED) is 0.411. The van der Waals surface area contributed by atoms with Crippen molar-refractivity contribution in [2.24, 2.45) is 11.8 Å². The maximum absolute atomic E-state index is 12.0. The molecule has 0 aromatic heterocycles. The predicted molar refractivity (Wildman–Crippen MR) is 67.2 cm³/mol. The van der Waals surface area contributed by atoms with E-state index in [4.69, 9.17) is 14.2 Å². The van der Waals surface area contributed by atoms with Crippen molar-refractivity contribution < 1.29 is 23.8 Å².